The number of nitrogens with zero attached hydrogens (tertiary/aromatic N) is 1. The summed E-state index contributed by atoms with van der Waals surface area (Å²) < 4.78 is 0. The minimum Gasteiger partial charge on any atom is -0.289 e. The van der Waals surface area contributed by atoms with Crippen molar-refractivity contribution in [3.05, 3.63) is 0 Å². The van der Waals surface area contributed by atoms with E-state index in [1.165, 1.54) is 89.9 Å². The van der Waals surface area contributed by atoms with Crippen molar-refractivity contribution >= 4 is 0 Å². The van der Waals surface area contributed by atoms with Crippen molar-refractivity contribution in [1.29, 1.82) is 0 Å². The summed E-state index contributed by atoms with van der Waals surface area (Å²) in [7, 11) is 0. The molecule has 0 N–H and O–H groups in total. The highest BCUT2D eigenvalue weighted by atomic mass is 15.4. The summed E-state index contributed by atoms with van der Waals surface area (Å²) in [6, 6.07) is 1.66. The van der Waals surface area contributed by atoms with Crippen molar-refractivity contribution < 1.29 is 0 Å². The van der Waals surface area contributed by atoms with Gasteiger partial charge in [0, 0.05) is 17.6 Å². The number of hydrogen-bond acceptors (Lipinski definition) is 1. The highest BCUT2D eigenvalue weighted by Crippen LogP contribution is 2.53. The summed E-state index contributed by atoms with van der Waals surface area (Å²) in [4.78, 5) is 3.04. The predicted octanol–water partition coefficient (Wildman–Crippen LogP) is 9.25. The van der Waals surface area contributed by atoms with Gasteiger partial charge in [0.25, 0.3) is 0 Å². The van der Waals surface area contributed by atoms with E-state index in [1.54, 1.807) is 0 Å². The molecule has 178 valence electrons. The van der Waals surface area contributed by atoms with Crippen molar-refractivity contribution in [2.45, 2.75) is 163 Å². The molecule has 2 aliphatic rings. The summed E-state index contributed by atoms with van der Waals surface area (Å²) in [6.45, 7) is 19.9. The number of hydrogen-bond donors (Lipinski definition) is 0. The standard InChI is InChI=1S/C29H57N/c1-9-12-15-20-28(6,7)24(5)21-26(16-10-2)30-27(29(30,8)19-11-3)22-25-18-14-13-17-23(25)4/h23-27H,9-22H2,1-8H3. The summed E-state index contributed by atoms with van der Waals surface area (Å²) in [5.41, 5.74) is 0.962. The first kappa shape index (κ1) is 26.2. The van der Waals surface area contributed by atoms with Crippen LogP contribution in [-0.4, -0.2) is 22.5 Å². The second-order valence-corrected chi connectivity index (χ2v) is 12.3. The SMILES string of the molecule is CCCCCC(C)(C)C(C)CC(CCC)N1C(CC2CCCCC2C)C1(C)CCC. The fourth-order valence-corrected chi connectivity index (χ4v) is 6.91. The van der Waals surface area contributed by atoms with Gasteiger partial charge in [0.05, 0.1) is 0 Å². The van der Waals surface area contributed by atoms with E-state index < -0.39 is 0 Å². The Bertz CT molecular complexity index is 483. The largest absolute Gasteiger partial charge is 0.289 e. The van der Waals surface area contributed by atoms with Crippen LogP contribution in [0.4, 0.5) is 0 Å². The van der Waals surface area contributed by atoms with Crippen LogP contribution in [0.25, 0.3) is 0 Å². The lowest BCUT2D eigenvalue weighted by Gasteiger charge is -2.36. The van der Waals surface area contributed by atoms with E-state index >= 15 is 0 Å². The Morgan fingerprint density at radius 1 is 1.00 bits per heavy atom. The van der Waals surface area contributed by atoms with Crippen LogP contribution in [0.5, 0.6) is 0 Å². The maximum Gasteiger partial charge on any atom is 0.0343 e. The van der Waals surface area contributed by atoms with Gasteiger partial charge >= 0.3 is 0 Å². The molecule has 0 amide bonds. The van der Waals surface area contributed by atoms with Gasteiger partial charge in [-0.2, -0.15) is 0 Å². The molecule has 1 heterocycles. The second-order valence-electron chi connectivity index (χ2n) is 12.3. The fourth-order valence-electron chi connectivity index (χ4n) is 6.91. The third-order valence-corrected chi connectivity index (χ3v) is 9.55. The quantitative estimate of drug-likeness (QED) is 0.200. The molecule has 2 fully saturated rings. The molecule has 1 aliphatic carbocycles. The zero-order valence-electron chi connectivity index (χ0n) is 22.2. The fraction of sp³-hybridized carbons (Fsp3) is 1.00. The van der Waals surface area contributed by atoms with Crippen molar-refractivity contribution in [1.82, 2.24) is 4.90 Å². The summed E-state index contributed by atoms with van der Waals surface area (Å²) in [6.07, 6.45) is 19.8. The van der Waals surface area contributed by atoms with Crippen LogP contribution in [-0.2, 0) is 0 Å². The van der Waals surface area contributed by atoms with Crippen LogP contribution in [0.1, 0.15) is 145 Å². The zero-order valence-corrected chi connectivity index (χ0v) is 22.2. The van der Waals surface area contributed by atoms with E-state index in [2.05, 4.69) is 60.3 Å². The molecule has 1 saturated heterocycles. The third kappa shape index (κ3) is 6.49. The van der Waals surface area contributed by atoms with Crippen molar-refractivity contribution in [2.24, 2.45) is 23.2 Å². The van der Waals surface area contributed by atoms with Crippen LogP contribution in [0.2, 0.25) is 0 Å². The molecule has 0 aromatic carbocycles. The van der Waals surface area contributed by atoms with Crippen molar-refractivity contribution in [2.75, 3.05) is 0 Å². The summed E-state index contributed by atoms with van der Waals surface area (Å²) >= 11 is 0. The van der Waals surface area contributed by atoms with Crippen LogP contribution in [0.3, 0.4) is 0 Å². The first-order valence-corrected chi connectivity index (χ1v) is 14.0. The lowest BCUT2D eigenvalue weighted by atomic mass is 9.73. The van der Waals surface area contributed by atoms with Gasteiger partial charge in [0.2, 0.25) is 0 Å². The Balaban J connectivity index is 2.07. The van der Waals surface area contributed by atoms with Gasteiger partial charge in [-0.3, -0.25) is 4.90 Å². The highest BCUT2D eigenvalue weighted by molar-refractivity contribution is 5.16. The molecule has 0 spiro atoms. The maximum atomic E-state index is 3.04. The van der Waals surface area contributed by atoms with Gasteiger partial charge in [-0.05, 0) is 62.2 Å². The molecule has 1 nitrogen and oxygen atoms in total. The van der Waals surface area contributed by atoms with Gasteiger partial charge in [0.15, 0.2) is 0 Å². The van der Waals surface area contributed by atoms with E-state index in [0.717, 1.165) is 29.8 Å². The Morgan fingerprint density at radius 2 is 1.70 bits per heavy atom. The number of rotatable bonds is 14. The van der Waals surface area contributed by atoms with Gasteiger partial charge in [-0.1, -0.05) is 106 Å². The summed E-state index contributed by atoms with van der Waals surface area (Å²) in [5.74, 6) is 2.75. The molecule has 0 bridgehead atoms. The Hall–Kier alpha value is -0.0400. The average molecular weight is 420 g/mol. The molecule has 30 heavy (non-hydrogen) atoms. The van der Waals surface area contributed by atoms with Gasteiger partial charge < -0.3 is 0 Å². The number of unbranched alkanes of at least 4 members (excludes halogenated alkanes) is 2. The van der Waals surface area contributed by atoms with Crippen LogP contribution in [0, 0.1) is 23.2 Å². The molecule has 0 radical (unpaired) electrons. The minimum absolute atomic E-state index is 0.478. The Morgan fingerprint density at radius 3 is 2.30 bits per heavy atom. The molecule has 1 heteroatoms. The molecular weight excluding hydrogens is 362 g/mol. The zero-order chi connectivity index (χ0) is 22.4. The lowest BCUT2D eigenvalue weighted by Crippen LogP contribution is -2.32. The van der Waals surface area contributed by atoms with Gasteiger partial charge in [-0.15, -0.1) is 0 Å². The highest BCUT2D eigenvalue weighted by Gasteiger charge is 2.60. The summed E-state index contributed by atoms with van der Waals surface area (Å²) in [5, 5.41) is 0. The third-order valence-electron chi connectivity index (χ3n) is 9.55. The predicted molar refractivity (Wildman–Crippen MR) is 135 cm³/mol. The molecule has 0 aromatic rings. The molecule has 7 unspecified atom stereocenters. The van der Waals surface area contributed by atoms with Crippen LogP contribution < -0.4 is 0 Å². The maximum absolute atomic E-state index is 3.04. The lowest BCUT2D eigenvalue weighted by molar-refractivity contribution is 0.145. The average Bonchev–Trinajstić information content (AvgIpc) is 3.26. The van der Waals surface area contributed by atoms with Gasteiger partial charge in [-0.25, -0.2) is 0 Å². The van der Waals surface area contributed by atoms with E-state index in [4.69, 9.17) is 0 Å². The molecule has 7 atom stereocenters. The molecular formula is C29H57N. The van der Waals surface area contributed by atoms with E-state index in [-0.39, 0.29) is 0 Å². The minimum atomic E-state index is 0.478. The Kier molecular flexibility index (Phi) is 10.2. The van der Waals surface area contributed by atoms with E-state index in [9.17, 15) is 0 Å². The van der Waals surface area contributed by atoms with Crippen molar-refractivity contribution in [3.63, 3.8) is 0 Å². The molecule has 1 aliphatic heterocycles. The molecule has 0 aromatic heterocycles. The first-order valence-electron chi connectivity index (χ1n) is 14.0. The Labute approximate surface area is 191 Å². The van der Waals surface area contributed by atoms with Crippen LogP contribution in [0.15, 0.2) is 0 Å². The second kappa shape index (κ2) is 11.7. The smallest absolute Gasteiger partial charge is 0.0343 e. The van der Waals surface area contributed by atoms with Gasteiger partial charge in [0.1, 0.15) is 0 Å². The van der Waals surface area contributed by atoms with Crippen molar-refractivity contribution in [3.8, 4) is 0 Å². The first-order chi connectivity index (χ1) is 14.2. The normalized spacial score (nSPS) is 34.0. The monoisotopic (exact) mass is 419 g/mol. The topological polar surface area (TPSA) is 3.01 Å². The molecule has 1 saturated carbocycles. The van der Waals surface area contributed by atoms with E-state index in [1.807, 2.05) is 0 Å². The van der Waals surface area contributed by atoms with E-state index in [0.29, 0.717) is 11.0 Å². The molecule has 2 rings (SSSR count). The van der Waals surface area contributed by atoms with Crippen LogP contribution >= 0.6 is 0 Å².